The smallest absolute Gasteiger partial charge is 0.306 e. The molecule has 1 aliphatic heterocycles. The van der Waals surface area contributed by atoms with Crippen LogP contribution >= 0.6 is 0 Å². The number of aliphatic carboxylic acids is 1. The number of benzene rings is 2. The lowest BCUT2D eigenvalue weighted by Gasteiger charge is -2.31. The highest BCUT2D eigenvalue weighted by Crippen LogP contribution is 2.48. The van der Waals surface area contributed by atoms with Gasteiger partial charge in [-0.15, -0.1) is 0 Å². The number of fused-ring (bicyclic) bond motifs is 2. The number of hydrogen-bond donors (Lipinski definition) is 2. The molecule has 2 aromatic carbocycles. The zero-order chi connectivity index (χ0) is 26.4. The maximum Gasteiger partial charge on any atom is 0.306 e. The van der Waals surface area contributed by atoms with Crippen molar-refractivity contribution in [2.75, 3.05) is 20.3 Å². The van der Waals surface area contributed by atoms with E-state index in [1.54, 1.807) is 18.3 Å². The number of rotatable bonds is 6. The van der Waals surface area contributed by atoms with E-state index in [9.17, 15) is 14.3 Å². The summed E-state index contributed by atoms with van der Waals surface area (Å²) in [5.41, 5.74) is 4.21. The van der Waals surface area contributed by atoms with E-state index in [0.717, 1.165) is 29.8 Å². The second-order valence-electron chi connectivity index (χ2n) is 10.5. The number of halogens is 2. The molecular weight excluding hydrogens is 492 g/mol. The molecule has 200 valence electrons. The first-order chi connectivity index (χ1) is 18.5. The van der Waals surface area contributed by atoms with Crippen molar-refractivity contribution in [3.8, 4) is 5.69 Å². The minimum absolute atomic E-state index is 0.0148. The van der Waals surface area contributed by atoms with Crippen molar-refractivity contribution in [1.29, 1.82) is 0 Å². The van der Waals surface area contributed by atoms with Gasteiger partial charge in [0.1, 0.15) is 11.3 Å². The van der Waals surface area contributed by atoms with Gasteiger partial charge in [-0.3, -0.25) is 9.89 Å². The summed E-state index contributed by atoms with van der Waals surface area (Å²) in [6.45, 7) is 1.35. The quantitative estimate of drug-likeness (QED) is 0.315. The van der Waals surface area contributed by atoms with Crippen molar-refractivity contribution in [1.82, 2.24) is 14.8 Å². The van der Waals surface area contributed by atoms with Crippen molar-refractivity contribution < 1.29 is 28.2 Å². The van der Waals surface area contributed by atoms with Gasteiger partial charge in [-0.25, -0.2) is 8.78 Å². The Balaban J connectivity index is 1.64. The number of ether oxygens (including phenoxy) is 2. The van der Waals surface area contributed by atoms with E-state index < -0.39 is 5.97 Å². The molecule has 0 atom stereocenters. The molecule has 0 spiro atoms. The van der Waals surface area contributed by atoms with E-state index in [0.29, 0.717) is 66.3 Å². The fourth-order valence-electron chi connectivity index (χ4n) is 6.51. The summed E-state index contributed by atoms with van der Waals surface area (Å²) in [7, 11) is 1.53. The van der Waals surface area contributed by atoms with Crippen LogP contribution < -0.4 is 0 Å². The first-order valence-electron chi connectivity index (χ1n) is 13.3. The number of aromatic nitrogens is 3. The minimum atomic E-state index is -0.766. The summed E-state index contributed by atoms with van der Waals surface area (Å²) < 4.78 is 44.0. The Bertz CT molecular complexity index is 1500. The SMILES string of the molecule is COCc1cc(-n2c(C3CCOCC3)c(C3CCC(C(=O)O)CC3)c3c(F)c4[nH]ncc4cc32)ccc1F. The van der Waals surface area contributed by atoms with E-state index in [1.807, 2.05) is 6.07 Å². The molecule has 3 heterocycles. The zero-order valence-electron chi connectivity index (χ0n) is 21.3. The lowest BCUT2D eigenvalue weighted by atomic mass is 9.76. The second kappa shape index (κ2) is 10.1. The topological polar surface area (TPSA) is 89.4 Å². The number of nitrogens with one attached hydrogen (secondary N) is 1. The van der Waals surface area contributed by atoms with Crippen LogP contribution in [0.5, 0.6) is 0 Å². The third-order valence-corrected chi connectivity index (χ3v) is 8.36. The van der Waals surface area contributed by atoms with Gasteiger partial charge in [-0.1, -0.05) is 0 Å². The molecule has 4 aromatic rings. The van der Waals surface area contributed by atoms with E-state index in [1.165, 1.54) is 13.2 Å². The number of carboxylic acid groups (broad SMARTS) is 1. The van der Waals surface area contributed by atoms with Gasteiger partial charge in [0.25, 0.3) is 0 Å². The summed E-state index contributed by atoms with van der Waals surface area (Å²) in [5, 5.41) is 17.7. The average Bonchev–Trinajstić information content (AvgIpc) is 3.54. The Morgan fingerprint density at radius 3 is 2.61 bits per heavy atom. The van der Waals surface area contributed by atoms with Crippen LogP contribution in [0.25, 0.3) is 27.5 Å². The van der Waals surface area contributed by atoms with Crippen LogP contribution in [0.1, 0.15) is 67.2 Å². The lowest BCUT2D eigenvalue weighted by molar-refractivity contribution is -0.142. The Morgan fingerprint density at radius 2 is 1.89 bits per heavy atom. The maximum atomic E-state index is 16.4. The van der Waals surface area contributed by atoms with Crippen molar-refractivity contribution >= 4 is 27.8 Å². The van der Waals surface area contributed by atoms with Gasteiger partial charge in [0.2, 0.25) is 0 Å². The van der Waals surface area contributed by atoms with Gasteiger partial charge in [0.15, 0.2) is 5.82 Å². The van der Waals surface area contributed by atoms with Crippen molar-refractivity contribution in [3.05, 3.63) is 58.9 Å². The number of hydrogen-bond acceptors (Lipinski definition) is 4. The monoisotopic (exact) mass is 523 g/mol. The van der Waals surface area contributed by atoms with E-state index in [2.05, 4.69) is 14.8 Å². The summed E-state index contributed by atoms with van der Waals surface area (Å²) in [5.74, 6) is -1.70. The number of aromatic amines is 1. The van der Waals surface area contributed by atoms with Gasteiger partial charge >= 0.3 is 5.97 Å². The van der Waals surface area contributed by atoms with Crippen LogP contribution in [0, 0.1) is 17.6 Å². The Hall–Kier alpha value is -3.30. The van der Waals surface area contributed by atoms with E-state index >= 15 is 4.39 Å². The van der Waals surface area contributed by atoms with E-state index in [4.69, 9.17) is 9.47 Å². The summed E-state index contributed by atoms with van der Waals surface area (Å²) in [6, 6.07) is 6.91. The molecular formula is C29H31F2N3O4. The number of carboxylic acids is 1. The summed E-state index contributed by atoms with van der Waals surface area (Å²) in [6.07, 6.45) is 5.66. The first-order valence-corrected chi connectivity index (χ1v) is 13.3. The molecule has 0 amide bonds. The van der Waals surface area contributed by atoms with Crippen molar-refractivity contribution in [2.45, 2.75) is 57.0 Å². The highest BCUT2D eigenvalue weighted by molar-refractivity contribution is 6.00. The molecule has 2 N–H and O–H groups in total. The molecule has 1 saturated carbocycles. The minimum Gasteiger partial charge on any atom is -0.481 e. The summed E-state index contributed by atoms with van der Waals surface area (Å²) >= 11 is 0. The van der Waals surface area contributed by atoms with Crippen molar-refractivity contribution in [2.24, 2.45) is 5.92 Å². The Morgan fingerprint density at radius 1 is 1.13 bits per heavy atom. The van der Waals surface area contributed by atoms with Crippen LogP contribution in [-0.2, 0) is 20.9 Å². The molecule has 1 saturated heterocycles. The zero-order valence-corrected chi connectivity index (χ0v) is 21.3. The van der Waals surface area contributed by atoms with Crippen LogP contribution in [0.4, 0.5) is 8.78 Å². The average molecular weight is 524 g/mol. The Labute approximate surface area is 218 Å². The molecule has 2 aliphatic rings. The second-order valence-corrected chi connectivity index (χ2v) is 10.5. The normalized spacial score (nSPS) is 20.9. The van der Waals surface area contributed by atoms with Crippen LogP contribution in [0.2, 0.25) is 0 Å². The van der Waals surface area contributed by atoms with Gasteiger partial charge in [0.05, 0.1) is 24.2 Å². The molecule has 38 heavy (non-hydrogen) atoms. The third kappa shape index (κ3) is 4.18. The molecule has 7 nitrogen and oxygen atoms in total. The molecule has 2 aromatic heterocycles. The van der Waals surface area contributed by atoms with Crippen LogP contribution in [0.15, 0.2) is 30.5 Å². The predicted molar refractivity (Wildman–Crippen MR) is 139 cm³/mol. The molecule has 0 bridgehead atoms. The highest BCUT2D eigenvalue weighted by atomic mass is 19.1. The van der Waals surface area contributed by atoms with Gasteiger partial charge < -0.3 is 19.1 Å². The maximum absolute atomic E-state index is 16.4. The molecule has 0 radical (unpaired) electrons. The van der Waals surface area contributed by atoms with Crippen LogP contribution in [0.3, 0.4) is 0 Å². The fraction of sp³-hybridized carbons (Fsp3) is 0.448. The molecule has 0 unspecified atom stereocenters. The molecule has 2 fully saturated rings. The largest absolute Gasteiger partial charge is 0.481 e. The lowest BCUT2D eigenvalue weighted by Crippen LogP contribution is -2.23. The van der Waals surface area contributed by atoms with E-state index in [-0.39, 0.29) is 36.0 Å². The first kappa shape index (κ1) is 25.0. The molecule has 6 rings (SSSR count). The predicted octanol–water partition coefficient (Wildman–Crippen LogP) is 6.18. The Kier molecular flexibility index (Phi) is 6.65. The number of carbonyl (C=O) groups is 1. The van der Waals surface area contributed by atoms with Crippen molar-refractivity contribution in [3.63, 3.8) is 0 Å². The van der Waals surface area contributed by atoms with Gasteiger partial charge in [-0.2, -0.15) is 5.10 Å². The molecule has 1 aliphatic carbocycles. The standard InChI is InChI=1S/C29H31F2N3O4/c1-37-15-20-12-21(6-7-22(20)30)34-23-13-19-14-32-33-27(19)26(31)25(23)24(28(34)17-8-10-38-11-9-17)16-2-4-18(5-3-16)29(35)36/h6-7,12-14,16-18H,2-5,8-11,15H2,1H3,(H,32,33)(H,35,36). The number of methoxy groups -OCH3 is 1. The fourth-order valence-corrected chi connectivity index (χ4v) is 6.51. The third-order valence-electron chi connectivity index (χ3n) is 8.36. The molecule has 9 heteroatoms. The van der Waals surface area contributed by atoms with Crippen LogP contribution in [-0.4, -0.2) is 46.2 Å². The number of nitrogens with zero attached hydrogens (tertiary/aromatic N) is 2. The highest BCUT2D eigenvalue weighted by Gasteiger charge is 2.36. The summed E-state index contributed by atoms with van der Waals surface area (Å²) in [4.78, 5) is 11.7. The van der Waals surface area contributed by atoms with Gasteiger partial charge in [0, 0.05) is 54.0 Å². The van der Waals surface area contributed by atoms with Gasteiger partial charge in [-0.05, 0) is 74.3 Å². The number of H-pyrrole nitrogens is 1.